The third kappa shape index (κ3) is 5.31. The van der Waals surface area contributed by atoms with Crippen LogP contribution in [0.3, 0.4) is 0 Å². The first-order valence-electron chi connectivity index (χ1n) is 7.51. The van der Waals surface area contributed by atoms with E-state index in [2.05, 4.69) is 19.2 Å². The van der Waals surface area contributed by atoms with Gasteiger partial charge in [0.2, 0.25) is 0 Å². The van der Waals surface area contributed by atoms with Crippen molar-refractivity contribution in [1.82, 2.24) is 10.2 Å². The average Bonchev–Trinajstić information content (AvgIpc) is 2.38. The fraction of sp³-hybridized carbons (Fsp3) is 0.929. The van der Waals surface area contributed by atoms with Gasteiger partial charge in [0.25, 0.3) is 0 Å². The second kappa shape index (κ2) is 7.29. The number of amides is 2. The molecule has 118 valence electrons. The summed E-state index contributed by atoms with van der Waals surface area (Å²) in [5, 5.41) is 2.79. The molecule has 20 heavy (non-hydrogen) atoms. The Hall–Kier alpha value is -0.780. The van der Waals surface area contributed by atoms with Crippen molar-refractivity contribution >= 4 is 15.9 Å². The second-order valence-corrected chi connectivity index (χ2v) is 8.52. The molecule has 0 radical (unpaired) electrons. The van der Waals surface area contributed by atoms with Gasteiger partial charge in [-0.05, 0) is 31.6 Å². The number of likely N-dealkylation sites (tertiary alicyclic amines) is 1. The first kappa shape index (κ1) is 17.3. The zero-order chi connectivity index (χ0) is 15.3. The van der Waals surface area contributed by atoms with Crippen molar-refractivity contribution in [2.24, 2.45) is 11.8 Å². The van der Waals surface area contributed by atoms with Crippen LogP contribution in [-0.2, 0) is 9.84 Å². The number of piperidine rings is 1. The quantitative estimate of drug-likeness (QED) is 0.843. The summed E-state index contributed by atoms with van der Waals surface area (Å²) in [6.07, 6.45) is 2.07. The summed E-state index contributed by atoms with van der Waals surface area (Å²) in [6.45, 7) is 9.34. The monoisotopic (exact) mass is 304 g/mol. The molecule has 1 N–H and O–H groups in total. The molecule has 1 rings (SSSR count). The maximum Gasteiger partial charge on any atom is 0.317 e. The lowest BCUT2D eigenvalue weighted by Crippen LogP contribution is -2.49. The topological polar surface area (TPSA) is 66.5 Å². The second-order valence-electron chi connectivity index (χ2n) is 6.12. The highest BCUT2D eigenvalue weighted by Gasteiger charge is 2.25. The van der Waals surface area contributed by atoms with Crippen LogP contribution in [0.1, 0.15) is 40.5 Å². The van der Waals surface area contributed by atoms with Crippen LogP contribution in [-0.4, -0.2) is 50.0 Å². The first-order chi connectivity index (χ1) is 9.25. The summed E-state index contributed by atoms with van der Waals surface area (Å²) in [5.41, 5.74) is 0. The van der Waals surface area contributed by atoms with Gasteiger partial charge in [0.1, 0.15) is 0 Å². The zero-order valence-electron chi connectivity index (χ0n) is 13.1. The van der Waals surface area contributed by atoms with Gasteiger partial charge in [-0.1, -0.05) is 20.8 Å². The molecule has 1 atom stereocenters. The SMILES string of the molecule is CCS(=O)(=O)CC(C)NC(=O)N1CCC(C(C)C)CC1. The van der Waals surface area contributed by atoms with Crippen LogP contribution < -0.4 is 5.32 Å². The number of nitrogens with one attached hydrogen (secondary N) is 1. The molecule has 6 heteroatoms. The standard InChI is InChI=1S/C14H28N2O3S/c1-5-20(18,19)10-12(4)15-14(17)16-8-6-13(7-9-16)11(2)3/h11-13H,5-10H2,1-4H3,(H,15,17). The van der Waals surface area contributed by atoms with Crippen molar-refractivity contribution in [3.8, 4) is 0 Å². The summed E-state index contributed by atoms with van der Waals surface area (Å²) in [4.78, 5) is 13.9. The Morgan fingerprint density at radius 1 is 1.25 bits per heavy atom. The zero-order valence-corrected chi connectivity index (χ0v) is 13.9. The van der Waals surface area contributed by atoms with E-state index in [1.54, 1.807) is 18.7 Å². The largest absolute Gasteiger partial charge is 0.335 e. The molecular weight excluding hydrogens is 276 g/mol. The molecule has 1 fully saturated rings. The lowest BCUT2D eigenvalue weighted by molar-refractivity contribution is 0.155. The minimum atomic E-state index is -3.05. The van der Waals surface area contributed by atoms with Crippen molar-refractivity contribution in [3.05, 3.63) is 0 Å². The normalized spacial score (nSPS) is 19.1. The van der Waals surface area contributed by atoms with E-state index in [-0.39, 0.29) is 23.6 Å². The van der Waals surface area contributed by atoms with Crippen LogP contribution in [0.2, 0.25) is 0 Å². The number of hydrogen-bond donors (Lipinski definition) is 1. The molecule has 0 bridgehead atoms. The van der Waals surface area contributed by atoms with E-state index in [4.69, 9.17) is 0 Å². The minimum absolute atomic E-state index is 0.0116. The van der Waals surface area contributed by atoms with E-state index in [1.165, 1.54) is 0 Å². The van der Waals surface area contributed by atoms with Gasteiger partial charge in [-0.15, -0.1) is 0 Å². The Kier molecular flexibility index (Phi) is 6.30. The van der Waals surface area contributed by atoms with E-state index in [0.29, 0.717) is 11.8 Å². The highest BCUT2D eigenvalue weighted by atomic mass is 32.2. The fourth-order valence-corrected chi connectivity index (χ4v) is 3.69. The maximum atomic E-state index is 12.1. The van der Waals surface area contributed by atoms with Gasteiger partial charge in [0, 0.05) is 24.9 Å². The van der Waals surface area contributed by atoms with Crippen molar-refractivity contribution < 1.29 is 13.2 Å². The van der Waals surface area contributed by atoms with Gasteiger partial charge in [-0.25, -0.2) is 13.2 Å². The molecule has 1 heterocycles. The van der Waals surface area contributed by atoms with E-state index in [0.717, 1.165) is 25.9 Å². The highest BCUT2D eigenvalue weighted by Crippen LogP contribution is 2.24. The summed E-state index contributed by atoms with van der Waals surface area (Å²) in [6, 6.07) is -0.471. The molecule has 0 aromatic heterocycles. The number of carbonyl (C=O) groups is 1. The van der Waals surface area contributed by atoms with Crippen molar-refractivity contribution in [2.45, 2.75) is 46.6 Å². The molecule has 1 saturated heterocycles. The van der Waals surface area contributed by atoms with Gasteiger partial charge in [0.15, 0.2) is 9.84 Å². The lowest BCUT2D eigenvalue weighted by Gasteiger charge is -2.34. The van der Waals surface area contributed by atoms with E-state index in [9.17, 15) is 13.2 Å². The minimum Gasteiger partial charge on any atom is -0.335 e. The van der Waals surface area contributed by atoms with Crippen molar-refractivity contribution in [2.75, 3.05) is 24.6 Å². The molecule has 0 spiro atoms. The van der Waals surface area contributed by atoms with Crippen molar-refractivity contribution in [3.63, 3.8) is 0 Å². The molecule has 5 nitrogen and oxygen atoms in total. The summed E-state index contributed by atoms with van der Waals surface area (Å²) < 4.78 is 23.0. The summed E-state index contributed by atoms with van der Waals surface area (Å²) >= 11 is 0. The molecule has 2 amide bonds. The summed E-state index contributed by atoms with van der Waals surface area (Å²) in [7, 11) is -3.05. The molecule has 1 unspecified atom stereocenters. The number of rotatable bonds is 5. The molecule has 0 aromatic carbocycles. The van der Waals surface area contributed by atoms with Crippen molar-refractivity contribution in [1.29, 1.82) is 0 Å². The number of hydrogen-bond acceptors (Lipinski definition) is 3. The Balaban J connectivity index is 2.41. The molecule has 0 aliphatic carbocycles. The van der Waals surface area contributed by atoms with Crippen LogP contribution in [0.4, 0.5) is 4.79 Å². The van der Waals surface area contributed by atoms with Crippen LogP contribution in [0, 0.1) is 11.8 Å². The third-order valence-corrected chi connectivity index (χ3v) is 5.97. The third-order valence-electron chi connectivity index (χ3n) is 4.08. The Labute approximate surface area is 123 Å². The Morgan fingerprint density at radius 3 is 2.25 bits per heavy atom. The smallest absolute Gasteiger partial charge is 0.317 e. The summed E-state index contributed by atoms with van der Waals surface area (Å²) in [5.74, 6) is 1.48. The first-order valence-corrected chi connectivity index (χ1v) is 9.33. The van der Waals surface area contributed by atoms with Crippen LogP contribution >= 0.6 is 0 Å². The van der Waals surface area contributed by atoms with E-state index in [1.807, 2.05) is 0 Å². The number of urea groups is 1. The van der Waals surface area contributed by atoms with Crippen LogP contribution in [0.15, 0.2) is 0 Å². The van der Waals surface area contributed by atoms with Gasteiger partial charge in [-0.2, -0.15) is 0 Å². The Bertz CT molecular complexity index is 412. The lowest BCUT2D eigenvalue weighted by atomic mass is 9.87. The Morgan fingerprint density at radius 2 is 1.80 bits per heavy atom. The van der Waals surface area contributed by atoms with Gasteiger partial charge >= 0.3 is 6.03 Å². The molecule has 1 aliphatic heterocycles. The van der Waals surface area contributed by atoms with Crippen LogP contribution in [0.25, 0.3) is 0 Å². The van der Waals surface area contributed by atoms with Gasteiger partial charge in [0.05, 0.1) is 5.75 Å². The van der Waals surface area contributed by atoms with E-state index >= 15 is 0 Å². The number of sulfone groups is 1. The highest BCUT2D eigenvalue weighted by molar-refractivity contribution is 7.91. The predicted molar refractivity (Wildman–Crippen MR) is 81.5 cm³/mol. The number of carbonyl (C=O) groups excluding carboxylic acids is 1. The number of nitrogens with zero attached hydrogens (tertiary/aromatic N) is 1. The van der Waals surface area contributed by atoms with Gasteiger partial charge in [-0.3, -0.25) is 0 Å². The van der Waals surface area contributed by atoms with Gasteiger partial charge < -0.3 is 10.2 Å². The molecular formula is C14H28N2O3S. The maximum absolute atomic E-state index is 12.1. The van der Waals surface area contributed by atoms with E-state index < -0.39 is 9.84 Å². The fourth-order valence-electron chi connectivity index (χ4n) is 2.61. The molecule has 1 aliphatic rings. The van der Waals surface area contributed by atoms with Crippen LogP contribution in [0.5, 0.6) is 0 Å². The molecule has 0 aromatic rings. The molecule has 0 saturated carbocycles. The average molecular weight is 304 g/mol. The predicted octanol–water partition coefficient (Wildman–Crippen LogP) is 1.89.